The number of nitrogens with one attached hydrogen (secondary N) is 1. The van der Waals surface area contributed by atoms with Crippen molar-refractivity contribution in [1.29, 1.82) is 0 Å². The summed E-state index contributed by atoms with van der Waals surface area (Å²) in [6.45, 7) is 1.58. The molecule has 4 bridgehead atoms. The Balaban J connectivity index is 1.35. The molecule has 6 heteroatoms. The number of ether oxygens (including phenoxy) is 1. The van der Waals surface area contributed by atoms with Gasteiger partial charge in [-0.15, -0.1) is 0 Å². The Morgan fingerprint density at radius 3 is 2.32 bits per heavy atom. The average Bonchev–Trinajstić information content (AvgIpc) is 2.62. The minimum atomic E-state index is -0.725. The van der Waals surface area contributed by atoms with Gasteiger partial charge in [-0.25, -0.2) is 0 Å². The number of carbonyl (C=O) groups excluding carboxylic acids is 3. The lowest BCUT2D eigenvalue weighted by Gasteiger charge is -2.58. The largest absolute Gasteiger partial charge is 0.457 e. The van der Waals surface area contributed by atoms with Gasteiger partial charge < -0.3 is 15.2 Å². The Bertz CT molecular complexity index is 786. The number of esters is 1. The van der Waals surface area contributed by atoms with E-state index in [9.17, 15) is 19.5 Å². The van der Waals surface area contributed by atoms with Crippen LogP contribution in [0.5, 0.6) is 0 Å². The molecular weight excluding hydrogens is 358 g/mol. The Morgan fingerprint density at radius 1 is 1.11 bits per heavy atom. The zero-order valence-electron chi connectivity index (χ0n) is 16.2. The van der Waals surface area contributed by atoms with E-state index in [0.29, 0.717) is 30.4 Å². The van der Waals surface area contributed by atoms with Crippen LogP contribution in [-0.2, 0) is 20.9 Å². The zero-order valence-corrected chi connectivity index (χ0v) is 16.2. The number of rotatable bonds is 6. The van der Waals surface area contributed by atoms with E-state index in [1.54, 1.807) is 24.3 Å². The number of benzene rings is 1. The molecule has 0 radical (unpaired) electrons. The number of hydrogen-bond donors (Lipinski definition) is 2. The van der Waals surface area contributed by atoms with Gasteiger partial charge in [0.25, 0.3) is 0 Å². The van der Waals surface area contributed by atoms with Crippen LogP contribution < -0.4 is 5.32 Å². The van der Waals surface area contributed by atoms with Gasteiger partial charge in [-0.05, 0) is 55.9 Å². The number of aliphatic hydroxyl groups is 1. The third-order valence-corrected chi connectivity index (χ3v) is 6.61. The molecule has 2 unspecified atom stereocenters. The number of carbonyl (C=O) groups is 3. The van der Waals surface area contributed by atoms with Gasteiger partial charge in [-0.1, -0.05) is 24.3 Å². The van der Waals surface area contributed by atoms with E-state index in [2.05, 4.69) is 5.32 Å². The molecule has 0 aromatic heterocycles. The highest BCUT2D eigenvalue weighted by Crippen LogP contribution is 2.61. The summed E-state index contributed by atoms with van der Waals surface area (Å²) in [5.41, 5.74) is 0.0344. The predicted molar refractivity (Wildman–Crippen MR) is 101 cm³/mol. The molecule has 0 heterocycles. The van der Waals surface area contributed by atoms with E-state index >= 15 is 0 Å². The minimum absolute atomic E-state index is 0.110. The second-order valence-electron chi connectivity index (χ2n) is 9.07. The van der Waals surface area contributed by atoms with Gasteiger partial charge in [-0.3, -0.25) is 14.4 Å². The number of ketones is 1. The maximum Gasteiger partial charge on any atom is 0.312 e. The van der Waals surface area contributed by atoms with Crippen molar-refractivity contribution in [3.05, 3.63) is 35.4 Å². The van der Waals surface area contributed by atoms with Crippen LogP contribution in [0.1, 0.15) is 61.4 Å². The molecule has 5 rings (SSSR count). The maximum absolute atomic E-state index is 12.9. The fourth-order valence-electron chi connectivity index (χ4n) is 5.86. The SMILES string of the molecule is CC(=O)NCc1ccc(C(=O)COC(=O)C23C[C@@H]4C[C@@H](CC(O)(C4)C2)C3)cc1. The summed E-state index contributed by atoms with van der Waals surface area (Å²) in [7, 11) is 0. The Morgan fingerprint density at radius 2 is 1.75 bits per heavy atom. The summed E-state index contributed by atoms with van der Waals surface area (Å²) in [5.74, 6) is 0.108. The molecule has 4 saturated carbocycles. The second-order valence-corrected chi connectivity index (χ2v) is 9.07. The summed E-state index contributed by atoms with van der Waals surface area (Å²) in [6.07, 6.45) is 4.71. The number of Topliss-reactive ketones (excluding diaryl/α,β-unsaturated/α-hetero) is 1. The molecule has 2 N–H and O–H groups in total. The van der Waals surface area contributed by atoms with Crippen molar-refractivity contribution in [2.75, 3.05) is 6.61 Å². The number of hydrogen-bond acceptors (Lipinski definition) is 5. The topological polar surface area (TPSA) is 92.7 Å². The van der Waals surface area contributed by atoms with Crippen LogP contribution >= 0.6 is 0 Å². The Kier molecular flexibility index (Phi) is 4.78. The zero-order chi connectivity index (χ0) is 19.9. The standard InChI is InChI=1S/C22H27NO5/c1-14(24)23-11-15-2-4-18(5-3-15)19(25)12-28-20(26)21-7-16-6-17(8-21)10-22(27,9-16)13-21/h2-5,16-17,27H,6-13H2,1H3,(H,23,24)/t16-,17+,21?,22?. The van der Waals surface area contributed by atoms with Crippen LogP contribution in [0.3, 0.4) is 0 Å². The molecule has 4 aliphatic rings. The first-order chi connectivity index (χ1) is 13.3. The molecule has 0 spiro atoms. The van der Waals surface area contributed by atoms with Crippen LogP contribution in [0.2, 0.25) is 0 Å². The fraction of sp³-hybridized carbons (Fsp3) is 0.591. The summed E-state index contributed by atoms with van der Waals surface area (Å²) >= 11 is 0. The lowest BCUT2D eigenvalue weighted by molar-refractivity contribution is -0.195. The molecule has 4 aliphatic carbocycles. The van der Waals surface area contributed by atoms with Crippen LogP contribution in [-0.4, -0.2) is 35.0 Å². The van der Waals surface area contributed by atoms with Crippen molar-refractivity contribution in [1.82, 2.24) is 5.32 Å². The smallest absolute Gasteiger partial charge is 0.312 e. The molecule has 4 atom stereocenters. The van der Waals surface area contributed by atoms with Crippen LogP contribution in [0.4, 0.5) is 0 Å². The van der Waals surface area contributed by atoms with E-state index in [0.717, 1.165) is 37.7 Å². The molecule has 1 aromatic rings. The molecule has 0 aliphatic heterocycles. The molecule has 150 valence electrons. The van der Waals surface area contributed by atoms with Gasteiger partial charge in [0.2, 0.25) is 5.91 Å². The predicted octanol–water partition coefficient (Wildman–Crippen LogP) is 2.38. The van der Waals surface area contributed by atoms with Gasteiger partial charge in [0.1, 0.15) is 0 Å². The van der Waals surface area contributed by atoms with Gasteiger partial charge in [0.05, 0.1) is 11.0 Å². The minimum Gasteiger partial charge on any atom is -0.457 e. The summed E-state index contributed by atoms with van der Waals surface area (Å²) < 4.78 is 5.44. The highest BCUT2D eigenvalue weighted by molar-refractivity contribution is 5.98. The Hall–Kier alpha value is -2.21. The van der Waals surface area contributed by atoms with Crippen LogP contribution in [0, 0.1) is 17.3 Å². The molecule has 6 nitrogen and oxygen atoms in total. The summed E-state index contributed by atoms with van der Waals surface area (Å²) in [6, 6.07) is 6.92. The summed E-state index contributed by atoms with van der Waals surface area (Å²) in [5, 5.41) is 13.5. The van der Waals surface area contributed by atoms with Crippen molar-refractivity contribution in [2.45, 2.75) is 57.6 Å². The molecule has 1 amide bonds. The van der Waals surface area contributed by atoms with Crippen LogP contribution in [0.15, 0.2) is 24.3 Å². The van der Waals surface area contributed by atoms with Crippen molar-refractivity contribution in [3.63, 3.8) is 0 Å². The van der Waals surface area contributed by atoms with Gasteiger partial charge in [0.15, 0.2) is 12.4 Å². The van der Waals surface area contributed by atoms with Crippen molar-refractivity contribution >= 4 is 17.7 Å². The average molecular weight is 385 g/mol. The van der Waals surface area contributed by atoms with Crippen molar-refractivity contribution < 1.29 is 24.2 Å². The molecule has 4 fully saturated rings. The third kappa shape index (κ3) is 3.70. The molecule has 28 heavy (non-hydrogen) atoms. The van der Waals surface area contributed by atoms with E-state index in [-0.39, 0.29) is 24.3 Å². The first-order valence-corrected chi connectivity index (χ1v) is 10.0. The third-order valence-electron chi connectivity index (χ3n) is 6.61. The highest BCUT2D eigenvalue weighted by atomic mass is 16.5. The highest BCUT2D eigenvalue weighted by Gasteiger charge is 2.60. The fourth-order valence-corrected chi connectivity index (χ4v) is 5.86. The quantitative estimate of drug-likeness (QED) is 0.579. The molecular formula is C22H27NO5. The van der Waals surface area contributed by atoms with E-state index in [4.69, 9.17) is 4.74 Å². The summed E-state index contributed by atoms with van der Waals surface area (Å²) in [4.78, 5) is 36.2. The van der Waals surface area contributed by atoms with Gasteiger partial charge >= 0.3 is 5.97 Å². The van der Waals surface area contributed by atoms with Crippen LogP contribution in [0.25, 0.3) is 0 Å². The monoisotopic (exact) mass is 385 g/mol. The van der Waals surface area contributed by atoms with E-state index in [1.807, 2.05) is 0 Å². The lowest BCUT2D eigenvalue weighted by atomic mass is 9.48. The lowest BCUT2D eigenvalue weighted by Crippen LogP contribution is -2.58. The molecule has 0 saturated heterocycles. The normalized spacial score (nSPS) is 32.8. The van der Waals surface area contributed by atoms with E-state index in [1.165, 1.54) is 6.92 Å². The first-order valence-electron chi connectivity index (χ1n) is 10.0. The van der Waals surface area contributed by atoms with Gasteiger partial charge in [-0.2, -0.15) is 0 Å². The Labute approximate surface area is 164 Å². The van der Waals surface area contributed by atoms with Crippen molar-refractivity contribution in [2.24, 2.45) is 17.3 Å². The van der Waals surface area contributed by atoms with Gasteiger partial charge in [0, 0.05) is 19.0 Å². The first kappa shape index (κ1) is 19.1. The maximum atomic E-state index is 12.9. The second kappa shape index (κ2) is 6.99. The molecule has 1 aromatic carbocycles. The van der Waals surface area contributed by atoms with Crippen molar-refractivity contribution in [3.8, 4) is 0 Å². The number of amides is 1. The van der Waals surface area contributed by atoms with E-state index < -0.39 is 11.0 Å².